The molecule has 0 radical (unpaired) electrons. The maximum atomic E-state index is 13.1. The fourth-order valence-corrected chi connectivity index (χ4v) is 6.40. The van der Waals surface area contributed by atoms with Gasteiger partial charge in [0.2, 0.25) is 11.8 Å². The van der Waals surface area contributed by atoms with E-state index in [9.17, 15) is 9.59 Å². The highest BCUT2D eigenvalue weighted by Crippen LogP contribution is 2.61. The van der Waals surface area contributed by atoms with Crippen molar-refractivity contribution in [2.45, 2.75) is 64.3 Å². The summed E-state index contributed by atoms with van der Waals surface area (Å²) in [6.07, 6.45) is 6.87. The Morgan fingerprint density at radius 3 is 2.61 bits per heavy atom. The van der Waals surface area contributed by atoms with Crippen molar-refractivity contribution < 1.29 is 14.3 Å². The van der Waals surface area contributed by atoms with Crippen molar-refractivity contribution in [3.8, 4) is 5.75 Å². The van der Waals surface area contributed by atoms with Crippen LogP contribution in [0.3, 0.4) is 0 Å². The van der Waals surface area contributed by atoms with E-state index in [0.717, 1.165) is 44.3 Å². The molecule has 2 amide bonds. The van der Waals surface area contributed by atoms with Crippen molar-refractivity contribution in [2.75, 3.05) is 13.2 Å². The van der Waals surface area contributed by atoms with E-state index >= 15 is 0 Å². The van der Waals surface area contributed by atoms with Crippen molar-refractivity contribution in [1.82, 2.24) is 10.6 Å². The van der Waals surface area contributed by atoms with Crippen LogP contribution in [0, 0.1) is 24.2 Å². The minimum absolute atomic E-state index is 0.0332. The molecule has 28 heavy (non-hydrogen) atoms. The smallest absolute Gasteiger partial charge is 0.226 e. The molecule has 2 unspecified atom stereocenters. The first kappa shape index (κ1) is 19.3. The van der Waals surface area contributed by atoms with Gasteiger partial charge in [-0.25, -0.2) is 0 Å². The van der Waals surface area contributed by atoms with Crippen LogP contribution in [0.15, 0.2) is 24.3 Å². The third kappa shape index (κ3) is 3.89. The molecule has 4 bridgehead atoms. The average Bonchev–Trinajstić information content (AvgIpc) is 2.59. The highest BCUT2D eigenvalue weighted by Gasteiger charge is 2.60. The van der Waals surface area contributed by atoms with Crippen molar-refractivity contribution in [3.05, 3.63) is 29.8 Å². The van der Waals surface area contributed by atoms with Gasteiger partial charge in [-0.2, -0.15) is 0 Å². The van der Waals surface area contributed by atoms with Gasteiger partial charge in [0.25, 0.3) is 0 Å². The number of nitrogens with one attached hydrogen (secondary N) is 2. The van der Waals surface area contributed by atoms with Gasteiger partial charge in [-0.1, -0.05) is 12.1 Å². The zero-order valence-electron chi connectivity index (χ0n) is 17.1. The lowest BCUT2D eigenvalue weighted by atomic mass is 9.46. The average molecular weight is 385 g/mol. The molecule has 4 aliphatic rings. The van der Waals surface area contributed by atoms with Crippen LogP contribution in [0.1, 0.15) is 57.4 Å². The van der Waals surface area contributed by atoms with E-state index in [-0.39, 0.29) is 22.8 Å². The predicted octanol–water partition coefficient (Wildman–Crippen LogP) is 3.36. The van der Waals surface area contributed by atoms with Gasteiger partial charge < -0.3 is 15.4 Å². The lowest BCUT2D eigenvalue weighted by Crippen LogP contribution is -2.65. The summed E-state index contributed by atoms with van der Waals surface area (Å²) in [4.78, 5) is 24.9. The van der Waals surface area contributed by atoms with E-state index in [4.69, 9.17) is 4.74 Å². The summed E-state index contributed by atoms with van der Waals surface area (Å²) in [6.45, 7) is 4.87. The second kappa shape index (κ2) is 7.41. The molecule has 0 saturated heterocycles. The fraction of sp³-hybridized carbons (Fsp3) is 0.652. The second-order valence-electron chi connectivity index (χ2n) is 9.48. The van der Waals surface area contributed by atoms with Gasteiger partial charge in [-0.3, -0.25) is 9.59 Å². The maximum absolute atomic E-state index is 13.1. The highest BCUT2D eigenvalue weighted by molar-refractivity contribution is 5.84. The molecule has 5 rings (SSSR count). The molecule has 4 saturated carbocycles. The first-order valence-corrected chi connectivity index (χ1v) is 10.6. The van der Waals surface area contributed by atoms with Crippen LogP contribution < -0.4 is 15.4 Å². The molecule has 2 N–H and O–H groups in total. The van der Waals surface area contributed by atoms with Crippen LogP contribution in [0.2, 0.25) is 0 Å². The molecule has 1 aromatic rings. The van der Waals surface area contributed by atoms with Gasteiger partial charge in [0.1, 0.15) is 5.75 Å². The van der Waals surface area contributed by atoms with Gasteiger partial charge in [-0.15, -0.1) is 0 Å². The third-order valence-electron chi connectivity index (χ3n) is 6.85. The minimum Gasteiger partial charge on any atom is -0.494 e. The Balaban J connectivity index is 1.30. The number of hydrogen-bond donors (Lipinski definition) is 2. The Labute approximate surface area is 167 Å². The minimum atomic E-state index is -0.288. The van der Waals surface area contributed by atoms with Gasteiger partial charge >= 0.3 is 0 Å². The normalized spacial score (nSPS) is 32.8. The Morgan fingerprint density at radius 1 is 1.18 bits per heavy atom. The van der Waals surface area contributed by atoms with Crippen molar-refractivity contribution >= 4 is 11.8 Å². The first-order valence-electron chi connectivity index (χ1n) is 10.6. The van der Waals surface area contributed by atoms with E-state index < -0.39 is 0 Å². The summed E-state index contributed by atoms with van der Waals surface area (Å²) in [5.74, 6) is 2.24. The standard InChI is InChI=1S/C23H32N2O3/c1-16-5-3-6-20(9-16)28-8-4-7-24-21(27)22-11-18-10-19(12-22)14-23(13-18,15-22)25-17(2)26/h3,5-6,9,18-19H,4,7-8,10-15H2,1-2H3,(H,24,27)(H,25,26). The fourth-order valence-electron chi connectivity index (χ4n) is 6.40. The van der Waals surface area contributed by atoms with E-state index in [1.54, 1.807) is 6.92 Å². The summed E-state index contributed by atoms with van der Waals surface area (Å²) < 4.78 is 5.78. The van der Waals surface area contributed by atoms with Crippen LogP contribution >= 0.6 is 0 Å². The molecule has 0 heterocycles. The van der Waals surface area contributed by atoms with Gasteiger partial charge in [0, 0.05) is 19.0 Å². The Kier molecular flexibility index (Phi) is 5.11. The van der Waals surface area contributed by atoms with E-state index in [1.165, 1.54) is 12.0 Å². The van der Waals surface area contributed by atoms with Crippen LogP contribution in [-0.2, 0) is 9.59 Å². The van der Waals surface area contributed by atoms with Crippen LogP contribution in [0.5, 0.6) is 5.75 Å². The van der Waals surface area contributed by atoms with Gasteiger partial charge in [-0.05, 0) is 81.4 Å². The molecule has 1 aromatic carbocycles. The van der Waals surface area contributed by atoms with Gasteiger partial charge in [0.15, 0.2) is 0 Å². The summed E-state index contributed by atoms with van der Waals surface area (Å²) in [6, 6.07) is 8.02. The Hall–Kier alpha value is -2.04. The number of carbonyl (C=O) groups is 2. The largest absolute Gasteiger partial charge is 0.494 e. The van der Waals surface area contributed by atoms with Crippen molar-refractivity contribution in [1.29, 1.82) is 0 Å². The highest BCUT2D eigenvalue weighted by atomic mass is 16.5. The molecule has 152 valence electrons. The lowest BCUT2D eigenvalue weighted by Gasteiger charge is -2.61. The number of ether oxygens (including phenoxy) is 1. The molecule has 0 spiro atoms. The van der Waals surface area contributed by atoms with Crippen LogP contribution in [0.4, 0.5) is 0 Å². The molecule has 0 aliphatic heterocycles. The number of rotatable bonds is 7. The zero-order chi connectivity index (χ0) is 19.8. The molecular formula is C23H32N2O3. The number of benzene rings is 1. The second-order valence-corrected chi connectivity index (χ2v) is 9.48. The molecule has 5 heteroatoms. The van der Waals surface area contributed by atoms with Crippen molar-refractivity contribution in [3.63, 3.8) is 0 Å². The summed E-state index contributed by atoms with van der Waals surface area (Å²) >= 11 is 0. The number of carbonyl (C=O) groups excluding carboxylic acids is 2. The monoisotopic (exact) mass is 384 g/mol. The molecule has 4 aliphatic carbocycles. The maximum Gasteiger partial charge on any atom is 0.226 e. The van der Waals surface area contributed by atoms with Crippen molar-refractivity contribution in [2.24, 2.45) is 17.3 Å². The number of amides is 2. The Morgan fingerprint density at radius 2 is 1.93 bits per heavy atom. The molecular weight excluding hydrogens is 352 g/mol. The zero-order valence-corrected chi connectivity index (χ0v) is 17.1. The first-order chi connectivity index (χ1) is 13.4. The Bertz CT molecular complexity index is 746. The SMILES string of the molecule is CC(=O)NC12CC3CC(C1)CC(C(=O)NCCCOc1cccc(C)c1)(C3)C2. The summed E-state index contributed by atoms with van der Waals surface area (Å²) in [7, 11) is 0. The van der Waals surface area contributed by atoms with Crippen LogP contribution in [0.25, 0.3) is 0 Å². The van der Waals surface area contributed by atoms with E-state index in [2.05, 4.69) is 10.6 Å². The number of aryl methyl sites for hydroxylation is 1. The van der Waals surface area contributed by atoms with Crippen LogP contribution in [-0.4, -0.2) is 30.5 Å². The predicted molar refractivity (Wildman–Crippen MR) is 108 cm³/mol. The van der Waals surface area contributed by atoms with Gasteiger partial charge in [0.05, 0.1) is 12.0 Å². The molecule has 4 fully saturated rings. The van der Waals surface area contributed by atoms with E-state index in [0.29, 0.717) is 25.0 Å². The topological polar surface area (TPSA) is 67.4 Å². The number of hydrogen-bond acceptors (Lipinski definition) is 3. The van der Waals surface area contributed by atoms with E-state index in [1.807, 2.05) is 31.2 Å². The third-order valence-corrected chi connectivity index (χ3v) is 6.85. The quantitative estimate of drug-likeness (QED) is 0.709. The molecule has 5 nitrogen and oxygen atoms in total. The summed E-state index contributed by atoms with van der Waals surface area (Å²) in [5.41, 5.74) is 0.742. The molecule has 0 aromatic heterocycles. The summed E-state index contributed by atoms with van der Waals surface area (Å²) in [5, 5.41) is 6.40. The lowest BCUT2D eigenvalue weighted by molar-refractivity contribution is -0.153. The molecule has 2 atom stereocenters.